The molecule has 2 atom stereocenters. The van der Waals surface area contributed by atoms with Crippen LogP contribution in [0.5, 0.6) is 0 Å². The van der Waals surface area contributed by atoms with Gasteiger partial charge in [0.1, 0.15) is 0 Å². The van der Waals surface area contributed by atoms with Gasteiger partial charge >= 0.3 is 0 Å². The van der Waals surface area contributed by atoms with E-state index >= 15 is 0 Å². The van der Waals surface area contributed by atoms with Gasteiger partial charge in [-0.25, -0.2) is 0 Å². The largest absolute Gasteiger partial charge is 0.388 e. The van der Waals surface area contributed by atoms with E-state index in [9.17, 15) is 5.11 Å². The molecule has 16 heavy (non-hydrogen) atoms. The minimum Gasteiger partial charge on any atom is -0.388 e. The molecule has 2 N–H and O–H groups in total. The fourth-order valence-corrected chi connectivity index (χ4v) is 2.21. The van der Waals surface area contributed by atoms with Crippen molar-refractivity contribution in [3.63, 3.8) is 0 Å². The Morgan fingerprint density at radius 2 is 2.19 bits per heavy atom. The molecule has 0 aromatic heterocycles. The molecule has 1 rings (SSSR count). The lowest BCUT2D eigenvalue weighted by atomic mass is 10.1. The lowest BCUT2D eigenvalue weighted by molar-refractivity contribution is 0.00451. The fourth-order valence-electron chi connectivity index (χ4n) is 2.21. The van der Waals surface area contributed by atoms with Crippen molar-refractivity contribution in [1.29, 1.82) is 0 Å². The Hall–Kier alpha value is -0.160. The van der Waals surface area contributed by atoms with Crippen molar-refractivity contribution in [2.24, 2.45) is 0 Å². The molecule has 0 aromatic carbocycles. The van der Waals surface area contributed by atoms with Crippen molar-refractivity contribution in [2.45, 2.75) is 37.9 Å². The highest BCUT2D eigenvalue weighted by molar-refractivity contribution is 4.79. The highest BCUT2D eigenvalue weighted by atomic mass is 16.5. The van der Waals surface area contributed by atoms with E-state index < -0.39 is 5.60 Å². The van der Waals surface area contributed by atoms with Crippen molar-refractivity contribution in [1.82, 2.24) is 10.2 Å². The first-order chi connectivity index (χ1) is 7.49. The summed E-state index contributed by atoms with van der Waals surface area (Å²) in [6.07, 6.45) is 3.93. The molecule has 0 amide bonds. The Morgan fingerprint density at radius 1 is 1.44 bits per heavy atom. The number of likely N-dealkylation sites (N-methyl/N-ethyl adjacent to an activating group) is 1. The molecule has 1 fully saturated rings. The van der Waals surface area contributed by atoms with Crippen LogP contribution in [0.1, 0.15) is 26.2 Å². The lowest BCUT2D eigenvalue weighted by Gasteiger charge is -2.29. The summed E-state index contributed by atoms with van der Waals surface area (Å²) in [5, 5.41) is 13.4. The van der Waals surface area contributed by atoms with Crippen LogP contribution in [0.2, 0.25) is 0 Å². The van der Waals surface area contributed by atoms with Crippen LogP contribution in [-0.4, -0.2) is 62.0 Å². The van der Waals surface area contributed by atoms with Gasteiger partial charge in [0.05, 0.1) is 11.7 Å². The Kier molecular flexibility index (Phi) is 5.69. The molecule has 1 aliphatic heterocycles. The van der Waals surface area contributed by atoms with Crippen LogP contribution < -0.4 is 5.32 Å². The Balaban J connectivity index is 2.13. The quantitative estimate of drug-likeness (QED) is 0.696. The zero-order valence-corrected chi connectivity index (χ0v) is 10.8. The number of aliphatic hydroxyl groups is 1. The third-order valence-electron chi connectivity index (χ3n) is 2.81. The molecule has 0 spiro atoms. The van der Waals surface area contributed by atoms with Gasteiger partial charge in [0.2, 0.25) is 0 Å². The summed E-state index contributed by atoms with van der Waals surface area (Å²) in [6.45, 7) is 4.89. The van der Waals surface area contributed by atoms with Crippen LogP contribution in [0.15, 0.2) is 0 Å². The molecule has 2 unspecified atom stereocenters. The number of ether oxygens (including phenoxy) is 1. The second-order valence-electron chi connectivity index (χ2n) is 5.35. The van der Waals surface area contributed by atoms with Gasteiger partial charge in [-0.3, -0.25) is 0 Å². The molecule has 1 saturated heterocycles. The smallest absolute Gasteiger partial charge is 0.0869 e. The highest BCUT2D eigenvalue weighted by Gasteiger charge is 2.21. The monoisotopic (exact) mass is 230 g/mol. The molecule has 96 valence electrons. The molecule has 4 heteroatoms. The summed E-state index contributed by atoms with van der Waals surface area (Å²) < 4.78 is 5.62. The molecule has 0 aliphatic carbocycles. The van der Waals surface area contributed by atoms with Crippen LogP contribution in [0.25, 0.3) is 0 Å². The van der Waals surface area contributed by atoms with Crippen molar-refractivity contribution in [3.05, 3.63) is 0 Å². The maximum Gasteiger partial charge on any atom is 0.0869 e. The van der Waals surface area contributed by atoms with Gasteiger partial charge in [-0.1, -0.05) is 0 Å². The van der Waals surface area contributed by atoms with E-state index in [1.807, 2.05) is 25.9 Å². The van der Waals surface area contributed by atoms with Crippen LogP contribution in [0.4, 0.5) is 0 Å². The molecule has 1 aliphatic rings. The summed E-state index contributed by atoms with van der Waals surface area (Å²) in [5.74, 6) is 0. The van der Waals surface area contributed by atoms with Crippen LogP contribution in [0.3, 0.4) is 0 Å². The minimum absolute atomic E-state index is 0.337. The first kappa shape index (κ1) is 13.9. The standard InChI is InChI=1S/C12H26N2O2/c1-12(15,10-14(2)3)9-13-8-11-6-4-5-7-16-11/h11,13,15H,4-10H2,1-3H3. The van der Waals surface area contributed by atoms with Gasteiger partial charge in [0.25, 0.3) is 0 Å². The van der Waals surface area contributed by atoms with Crippen molar-refractivity contribution in [3.8, 4) is 0 Å². The van der Waals surface area contributed by atoms with Gasteiger partial charge in [0.15, 0.2) is 0 Å². The second kappa shape index (κ2) is 6.55. The zero-order valence-electron chi connectivity index (χ0n) is 10.8. The summed E-state index contributed by atoms with van der Waals surface area (Å²) >= 11 is 0. The fraction of sp³-hybridized carbons (Fsp3) is 1.00. The molecule has 0 bridgehead atoms. The predicted octanol–water partition coefficient (Wildman–Crippen LogP) is 0.458. The zero-order chi connectivity index (χ0) is 12.0. The Labute approximate surface area is 99.0 Å². The van der Waals surface area contributed by atoms with Gasteiger partial charge in [-0.2, -0.15) is 0 Å². The third kappa shape index (κ3) is 5.80. The van der Waals surface area contributed by atoms with E-state index in [-0.39, 0.29) is 0 Å². The van der Waals surface area contributed by atoms with Crippen LogP contribution in [0, 0.1) is 0 Å². The van der Waals surface area contributed by atoms with Gasteiger partial charge in [-0.05, 0) is 40.3 Å². The number of hydrogen-bond acceptors (Lipinski definition) is 4. The molecule has 0 radical (unpaired) electrons. The number of rotatable bonds is 6. The second-order valence-corrected chi connectivity index (χ2v) is 5.35. The molecule has 1 heterocycles. The molecular formula is C12H26N2O2. The summed E-state index contributed by atoms with van der Waals surface area (Å²) in [4.78, 5) is 2.00. The maximum absolute atomic E-state index is 10.1. The molecule has 0 saturated carbocycles. The van der Waals surface area contributed by atoms with Crippen LogP contribution >= 0.6 is 0 Å². The Bertz CT molecular complexity index is 189. The number of hydrogen-bond donors (Lipinski definition) is 2. The Morgan fingerprint density at radius 3 is 2.75 bits per heavy atom. The van der Waals surface area contributed by atoms with E-state index in [1.54, 1.807) is 0 Å². The van der Waals surface area contributed by atoms with E-state index in [0.717, 1.165) is 19.6 Å². The average molecular weight is 230 g/mol. The van der Waals surface area contributed by atoms with E-state index in [4.69, 9.17) is 4.74 Å². The van der Waals surface area contributed by atoms with Crippen molar-refractivity contribution >= 4 is 0 Å². The SMILES string of the molecule is CN(C)CC(C)(O)CNCC1CCCCO1. The summed E-state index contributed by atoms with van der Waals surface area (Å²) in [5.41, 5.74) is -0.668. The summed E-state index contributed by atoms with van der Waals surface area (Å²) in [6, 6.07) is 0. The highest BCUT2D eigenvalue weighted by Crippen LogP contribution is 2.12. The molecule has 0 aromatic rings. The minimum atomic E-state index is -0.668. The van der Waals surface area contributed by atoms with E-state index in [2.05, 4.69) is 5.32 Å². The van der Waals surface area contributed by atoms with Gasteiger partial charge in [-0.15, -0.1) is 0 Å². The first-order valence-corrected chi connectivity index (χ1v) is 6.19. The van der Waals surface area contributed by atoms with Crippen LogP contribution in [-0.2, 0) is 4.74 Å². The van der Waals surface area contributed by atoms with Gasteiger partial charge in [0, 0.05) is 26.2 Å². The van der Waals surface area contributed by atoms with Crippen molar-refractivity contribution in [2.75, 3.05) is 40.3 Å². The third-order valence-corrected chi connectivity index (χ3v) is 2.81. The topological polar surface area (TPSA) is 44.7 Å². The van der Waals surface area contributed by atoms with E-state index in [0.29, 0.717) is 19.2 Å². The maximum atomic E-state index is 10.1. The normalized spacial score (nSPS) is 25.7. The number of nitrogens with zero attached hydrogens (tertiary/aromatic N) is 1. The average Bonchev–Trinajstić information content (AvgIpc) is 2.16. The van der Waals surface area contributed by atoms with Crippen molar-refractivity contribution < 1.29 is 9.84 Å². The molecule has 4 nitrogen and oxygen atoms in total. The first-order valence-electron chi connectivity index (χ1n) is 6.19. The van der Waals surface area contributed by atoms with E-state index in [1.165, 1.54) is 12.8 Å². The number of nitrogens with one attached hydrogen (secondary N) is 1. The summed E-state index contributed by atoms with van der Waals surface area (Å²) in [7, 11) is 3.94. The van der Waals surface area contributed by atoms with Gasteiger partial charge < -0.3 is 20.1 Å². The predicted molar refractivity (Wildman–Crippen MR) is 65.6 cm³/mol. The molecular weight excluding hydrogens is 204 g/mol. The lowest BCUT2D eigenvalue weighted by Crippen LogP contribution is -2.47.